The molecule has 1 aliphatic carbocycles. The molecular formula is C21H35N5O3. The molecule has 0 radical (unpaired) electrons. The number of carbonyl (C=O) groups is 1. The fourth-order valence-corrected chi connectivity index (χ4v) is 2.39. The Morgan fingerprint density at radius 3 is 2.59 bits per heavy atom. The van der Waals surface area contributed by atoms with Crippen LogP contribution in [0.5, 0.6) is 5.88 Å². The Morgan fingerprint density at radius 1 is 1.21 bits per heavy atom. The number of pyridine rings is 1. The lowest BCUT2D eigenvalue weighted by Gasteiger charge is -2.19. The number of alkyl carbamates (subject to hydrolysis) is 1. The SMILES string of the molecule is CCNC(=NCc1ccc(OCC2CC2)nc1)NCCCNC(=O)OC(C)(C)C. The fourth-order valence-electron chi connectivity index (χ4n) is 2.39. The van der Waals surface area contributed by atoms with Crippen LogP contribution in [0.15, 0.2) is 23.3 Å². The van der Waals surface area contributed by atoms with Crippen molar-refractivity contribution >= 4 is 12.1 Å². The molecule has 1 aromatic rings. The van der Waals surface area contributed by atoms with Crippen LogP contribution in [-0.4, -0.2) is 48.9 Å². The van der Waals surface area contributed by atoms with E-state index in [1.807, 2.05) is 39.8 Å². The maximum absolute atomic E-state index is 11.6. The summed E-state index contributed by atoms with van der Waals surface area (Å²) in [5.41, 5.74) is 0.538. The molecule has 1 amide bonds. The van der Waals surface area contributed by atoms with Crippen molar-refractivity contribution in [2.75, 3.05) is 26.2 Å². The standard InChI is InChI=1S/C21H35N5O3/c1-5-22-19(23-11-6-12-24-20(27)29-21(2,3)4)26-14-17-9-10-18(25-13-17)28-15-16-7-8-16/h9-10,13,16H,5-8,11-12,14-15H2,1-4H3,(H,24,27)(H2,22,23,26). The third-order valence-corrected chi connectivity index (χ3v) is 4.04. The van der Waals surface area contributed by atoms with Gasteiger partial charge in [-0.15, -0.1) is 0 Å². The molecule has 1 aromatic heterocycles. The molecule has 0 aliphatic heterocycles. The maximum atomic E-state index is 11.6. The Hall–Kier alpha value is -2.51. The second kappa shape index (κ2) is 11.5. The van der Waals surface area contributed by atoms with Gasteiger partial charge in [-0.25, -0.2) is 14.8 Å². The van der Waals surface area contributed by atoms with Gasteiger partial charge in [-0.05, 0) is 58.4 Å². The van der Waals surface area contributed by atoms with Gasteiger partial charge in [-0.3, -0.25) is 0 Å². The van der Waals surface area contributed by atoms with Gasteiger partial charge in [0.15, 0.2) is 5.96 Å². The van der Waals surface area contributed by atoms with Gasteiger partial charge >= 0.3 is 6.09 Å². The van der Waals surface area contributed by atoms with Crippen LogP contribution in [-0.2, 0) is 11.3 Å². The number of amides is 1. The molecule has 0 bridgehead atoms. The summed E-state index contributed by atoms with van der Waals surface area (Å²) in [4.78, 5) is 20.5. The summed E-state index contributed by atoms with van der Waals surface area (Å²) in [6, 6.07) is 3.89. The molecule has 0 spiro atoms. The van der Waals surface area contributed by atoms with Crippen LogP contribution in [0.4, 0.5) is 4.79 Å². The summed E-state index contributed by atoms with van der Waals surface area (Å²) in [6.07, 6.45) is 4.71. The first-order valence-corrected chi connectivity index (χ1v) is 10.4. The van der Waals surface area contributed by atoms with Crippen molar-refractivity contribution in [1.82, 2.24) is 20.9 Å². The van der Waals surface area contributed by atoms with Gasteiger partial charge in [-0.2, -0.15) is 0 Å². The minimum atomic E-state index is -0.483. The van der Waals surface area contributed by atoms with Crippen molar-refractivity contribution in [2.24, 2.45) is 10.9 Å². The van der Waals surface area contributed by atoms with Crippen molar-refractivity contribution in [2.45, 2.75) is 59.1 Å². The molecule has 1 aliphatic rings. The molecule has 0 unspecified atom stereocenters. The Labute approximate surface area is 173 Å². The van der Waals surface area contributed by atoms with Gasteiger partial charge in [0.25, 0.3) is 0 Å². The zero-order valence-corrected chi connectivity index (χ0v) is 18.1. The predicted octanol–water partition coefficient (Wildman–Crippen LogP) is 2.84. The molecule has 2 rings (SSSR count). The van der Waals surface area contributed by atoms with Crippen LogP contribution in [0.1, 0.15) is 52.5 Å². The molecule has 8 nitrogen and oxygen atoms in total. The molecule has 8 heteroatoms. The monoisotopic (exact) mass is 405 g/mol. The summed E-state index contributed by atoms with van der Waals surface area (Å²) in [5, 5.41) is 9.23. The van der Waals surface area contributed by atoms with Crippen LogP contribution in [0.3, 0.4) is 0 Å². The average Bonchev–Trinajstić information content (AvgIpc) is 3.48. The van der Waals surface area contributed by atoms with Crippen LogP contribution >= 0.6 is 0 Å². The minimum absolute atomic E-state index is 0.393. The van der Waals surface area contributed by atoms with E-state index in [4.69, 9.17) is 9.47 Å². The van der Waals surface area contributed by atoms with E-state index in [0.717, 1.165) is 31.1 Å². The van der Waals surface area contributed by atoms with Crippen LogP contribution in [0, 0.1) is 5.92 Å². The molecule has 3 N–H and O–H groups in total. The molecule has 0 aromatic carbocycles. The van der Waals surface area contributed by atoms with Crippen molar-refractivity contribution in [1.29, 1.82) is 0 Å². The van der Waals surface area contributed by atoms with Gasteiger partial charge in [0, 0.05) is 31.9 Å². The quantitative estimate of drug-likeness (QED) is 0.315. The smallest absolute Gasteiger partial charge is 0.407 e. The zero-order chi connectivity index (χ0) is 21.1. The van der Waals surface area contributed by atoms with E-state index in [1.165, 1.54) is 12.8 Å². The normalized spacial score (nSPS) is 14.3. The first-order chi connectivity index (χ1) is 13.9. The summed E-state index contributed by atoms with van der Waals surface area (Å²) < 4.78 is 10.9. The highest BCUT2D eigenvalue weighted by atomic mass is 16.6. The van der Waals surface area contributed by atoms with Gasteiger partial charge in [0.2, 0.25) is 5.88 Å². The van der Waals surface area contributed by atoms with E-state index in [2.05, 4.69) is 25.9 Å². The van der Waals surface area contributed by atoms with E-state index in [0.29, 0.717) is 31.4 Å². The average molecular weight is 406 g/mol. The largest absolute Gasteiger partial charge is 0.477 e. The summed E-state index contributed by atoms with van der Waals surface area (Å²) in [6.45, 7) is 10.8. The first kappa shape index (κ1) is 22.8. The molecule has 0 atom stereocenters. The third-order valence-electron chi connectivity index (χ3n) is 4.04. The Morgan fingerprint density at radius 2 is 1.97 bits per heavy atom. The van der Waals surface area contributed by atoms with Crippen LogP contribution in [0.25, 0.3) is 0 Å². The molecule has 1 saturated carbocycles. The highest BCUT2D eigenvalue weighted by Gasteiger charge is 2.22. The number of guanidine groups is 1. The molecule has 29 heavy (non-hydrogen) atoms. The highest BCUT2D eigenvalue weighted by molar-refractivity contribution is 5.79. The second-order valence-corrected chi connectivity index (χ2v) is 8.16. The summed E-state index contributed by atoms with van der Waals surface area (Å²) >= 11 is 0. The Bertz CT molecular complexity index is 651. The number of rotatable bonds is 10. The number of aliphatic imine (C=N–C) groups is 1. The van der Waals surface area contributed by atoms with E-state index in [9.17, 15) is 4.79 Å². The predicted molar refractivity (Wildman–Crippen MR) is 114 cm³/mol. The van der Waals surface area contributed by atoms with Crippen LogP contribution < -0.4 is 20.7 Å². The number of ether oxygens (including phenoxy) is 2. The zero-order valence-electron chi connectivity index (χ0n) is 18.1. The molecule has 1 heterocycles. The number of nitrogens with one attached hydrogen (secondary N) is 3. The van der Waals surface area contributed by atoms with Gasteiger partial charge < -0.3 is 25.4 Å². The lowest BCUT2D eigenvalue weighted by atomic mass is 10.2. The number of carbonyl (C=O) groups excluding carboxylic acids is 1. The topological polar surface area (TPSA) is 96.9 Å². The summed E-state index contributed by atoms with van der Waals surface area (Å²) in [7, 11) is 0. The van der Waals surface area contributed by atoms with E-state index in [-0.39, 0.29) is 0 Å². The van der Waals surface area contributed by atoms with Gasteiger partial charge in [0.05, 0.1) is 13.2 Å². The first-order valence-electron chi connectivity index (χ1n) is 10.4. The van der Waals surface area contributed by atoms with E-state index >= 15 is 0 Å². The number of hydrogen-bond donors (Lipinski definition) is 3. The highest BCUT2D eigenvalue weighted by Crippen LogP contribution is 2.29. The Kier molecular flexibility index (Phi) is 9.02. The molecule has 0 saturated heterocycles. The van der Waals surface area contributed by atoms with Crippen molar-refractivity contribution in [3.8, 4) is 5.88 Å². The van der Waals surface area contributed by atoms with Crippen molar-refractivity contribution in [3.63, 3.8) is 0 Å². The third kappa shape index (κ3) is 10.6. The van der Waals surface area contributed by atoms with E-state index < -0.39 is 11.7 Å². The number of aromatic nitrogens is 1. The van der Waals surface area contributed by atoms with Crippen molar-refractivity contribution < 1.29 is 14.3 Å². The molecule has 162 valence electrons. The van der Waals surface area contributed by atoms with E-state index in [1.54, 1.807) is 6.20 Å². The minimum Gasteiger partial charge on any atom is -0.477 e. The summed E-state index contributed by atoms with van der Waals surface area (Å²) in [5.74, 6) is 2.13. The van der Waals surface area contributed by atoms with Gasteiger partial charge in [0.1, 0.15) is 5.60 Å². The molecule has 1 fully saturated rings. The fraction of sp³-hybridized carbons (Fsp3) is 0.667. The van der Waals surface area contributed by atoms with Crippen LogP contribution in [0.2, 0.25) is 0 Å². The lowest BCUT2D eigenvalue weighted by molar-refractivity contribution is 0.0527. The molecular weight excluding hydrogens is 370 g/mol. The maximum Gasteiger partial charge on any atom is 0.407 e. The Balaban J connectivity index is 1.68. The lowest BCUT2D eigenvalue weighted by Crippen LogP contribution is -2.39. The second-order valence-electron chi connectivity index (χ2n) is 8.16. The number of hydrogen-bond acceptors (Lipinski definition) is 5. The van der Waals surface area contributed by atoms with Crippen molar-refractivity contribution in [3.05, 3.63) is 23.9 Å². The van der Waals surface area contributed by atoms with Gasteiger partial charge in [-0.1, -0.05) is 6.07 Å². The number of nitrogens with zero attached hydrogens (tertiary/aromatic N) is 2.